The molecule has 2 amide bonds. The molecule has 0 fully saturated rings. The third kappa shape index (κ3) is 9.42. The van der Waals surface area contributed by atoms with Gasteiger partial charge in [0.15, 0.2) is 0 Å². The molecule has 3 N–H and O–H groups in total. The SMILES string of the molecule is CC(C)(C)NSc1cccc(NC(=O)CNC(=O)OC(C)(C)C)c1. The van der Waals surface area contributed by atoms with Crippen molar-refractivity contribution in [3.8, 4) is 0 Å². The van der Waals surface area contributed by atoms with Gasteiger partial charge in [-0.25, -0.2) is 4.79 Å². The van der Waals surface area contributed by atoms with Crippen molar-refractivity contribution < 1.29 is 14.3 Å². The fourth-order valence-electron chi connectivity index (χ4n) is 1.52. The lowest BCUT2D eigenvalue weighted by Crippen LogP contribution is -2.37. The lowest BCUT2D eigenvalue weighted by molar-refractivity contribution is -0.115. The fraction of sp³-hybridized carbons (Fsp3) is 0.529. The quantitative estimate of drug-likeness (QED) is 0.706. The van der Waals surface area contributed by atoms with E-state index in [4.69, 9.17) is 4.74 Å². The predicted molar refractivity (Wildman–Crippen MR) is 98.1 cm³/mol. The summed E-state index contributed by atoms with van der Waals surface area (Å²) in [5, 5.41) is 5.18. The molecule has 0 aliphatic carbocycles. The molecular weight excluding hydrogens is 326 g/mol. The average Bonchev–Trinajstić information content (AvgIpc) is 2.41. The third-order valence-electron chi connectivity index (χ3n) is 2.39. The summed E-state index contributed by atoms with van der Waals surface area (Å²) in [7, 11) is 0. The Balaban J connectivity index is 2.48. The number of hydrogen-bond acceptors (Lipinski definition) is 5. The van der Waals surface area contributed by atoms with Crippen molar-refractivity contribution in [2.24, 2.45) is 0 Å². The number of anilines is 1. The molecule has 6 nitrogen and oxygen atoms in total. The largest absolute Gasteiger partial charge is 0.444 e. The molecule has 0 unspecified atom stereocenters. The molecule has 134 valence electrons. The molecule has 1 rings (SSSR count). The summed E-state index contributed by atoms with van der Waals surface area (Å²) in [4.78, 5) is 24.4. The molecule has 1 aromatic carbocycles. The number of hydrogen-bond donors (Lipinski definition) is 3. The van der Waals surface area contributed by atoms with Crippen LogP contribution in [0, 0.1) is 0 Å². The van der Waals surface area contributed by atoms with Gasteiger partial charge in [-0.1, -0.05) is 6.07 Å². The van der Waals surface area contributed by atoms with E-state index in [0.29, 0.717) is 5.69 Å². The van der Waals surface area contributed by atoms with Crippen LogP contribution in [0.5, 0.6) is 0 Å². The van der Waals surface area contributed by atoms with E-state index in [0.717, 1.165) is 4.90 Å². The van der Waals surface area contributed by atoms with Crippen LogP contribution in [0.1, 0.15) is 41.5 Å². The van der Waals surface area contributed by atoms with Gasteiger partial charge in [-0.15, -0.1) is 0 Å². The van der Waals surface area contributed by atoms with E-state index in [1.54, 1.807) is 26.8 Å². The van der Waals surface area contributed by atoms with Crippen LogP contribution in [0.3, 0.4) is 0 Å². The minimum absolute atomic E-state index is 0.0126. The van der Waals surface area contributed by atoms with Crippen molar-refractivity contribution >= 4 is 29.6 Å². The Kier molecular flexibility index (Phi) is 7.10. The van der Waals surface area contributed by atoms with E-state index in [1.807, 2.05) is 18.2 Å². The summed E-state index contributed by atoms with van der Waals surface area (Å²) in [6, 6.07) is 7.49. The Morgan fingerprint density at radius 3 is 2.38 bits per heavy atom. The summed E-state index contributed by atoms with van der Waals surface area (Å²) in [5.74, 6) is -0.313. The number of benzene rings is 1. The molecular formula is C17H27N3O3S. The van der Waals surface area contributed by atoms with Crippen molar-refractivity contribution in [1.29, 1.82) is 0 Å². The Labute approximate surface area is 148 Å². The van der Waals surface area contributed by atoms with Gasteiger partial charge in [-0.3, -0.25) is 9.52 Å². The molecule has 0 saturated carbocycles. The first kappa shape index (κ1) is 20.3. The molecule has 0 heterocycles. The number of nitrogens with one attached hydrogen (secondary N) is 3. The normalized spacial score (nSPS) is 11.8. The monoisotopic (exact) mass is 353 g/mol. The summed E-state index contributed by atoms with van der Waals surface area (Å²) in [6.45, 7) is 11.4. The van der Waals surface area contributed by atoms with Crippen LogP contribution in [-0.4, -0.2) is 29.7 Å². The van der Waals surface area contributed by atoms with Gasteiger partial charge in [0.05, 0.1) is 0 Å². The summed E-state index contributed by atoms with van der Waals surface area (Å²) in [6.07, 6.45) is -0.615. The maximum absolute atomic E-state index is 11.9. The second-order valence-corrected chi connectivity index (χ2v) is 8.27. The molecule has 7 heteroatoms. The summed E-state index contributed by atoms with van der Waals surface area (Å²) in [5.41, 5.74) is 0.0691. The van der Waals surface area contributed by atoms with Crippen molar-refractivity contribution in [2.75, 3.05) is 11.9 Å². The second-order valence-electron chi connectivity index (χ2n) is 7.39. The minimum atomic E-state index is -0.615. The number of carbonyl (C=O) groups is 2. The summed E-state index contributed by atoms with van der Waals surface area (Å²) >= 11 is 1.50. The number of ether oxygens (including phenoxy) is 1. The van der Waals surface area contributed by atoms with Crippen LogP contribution in [-0.2, 0) is 9.53 Å². The van der Waals surface area contributed by atoms with Crippen LogP contribution in [0.2, 0.25) is 0 Å². The van der Waals surface area contributed by atoms with Crippen LogP contribution in [0.25, 0.3) is 0 Å². The Hall–Kier alpha value is -1.73. The molecule has 0 aliphatic heterocycles. The second kappa shape index (κ2) is 8.39. The first-order valence-corrected chi connectivity index (χ1v) is 8.57. The average molecular weight is 353 g/mol. The molecule has 24 heavy (non-hydrogen) atoms. The van der Waals surface area contributed by atoms with Gasteiger partial charge in [0.2, 0.25) is 5.91 Å². The molecule has 0 aliphatic rings. The fourth-order valence-corrected chi connectivity index (χ4v) is 2.28. The van der Waals surface area contributed by atoms with E-state index in [9.17, 15) is 9.59 Å². The van der Waals surface area contributed by atoms with E-state index in [1.165, 1.54) is 11.9 Å². The Morgan fingerprint density at radius 1 is 1.12 bits per heavy atom. The maximum Gasteiger partial charge on any atom is 0.408 e. The molecule has 0 spiro atoms. The highest BCUT2D eigenvalue weighted by atomic mass is 32.2. The Morgan fingerprint density at radius 2 is 1.79 bits per heavy atom. The minimum Gasteiger partial charge on any atom is -0.444 e. The predicted octanol–water partition coefficient (Wildman–Crippen LogP) is 3.55. The first-order valence-electron chi connectivity index (χ1n) is 7.75. The lowest BCUT2D eigenvalue weighted by Gasteiger charge is -2.20. The highest BCUT2D eigenvalue weighted by Crippen LogP contribution is 2.21. The van der Waals surface area contributed by atoms with Crippen LogP contribution >= 0.6 is 11.9 Å². The molecule has 0 aromatic heterocycles. The van der Waals surface area contributed by atoms with E-state index < -0.39 is 11.7 Å². The molecule has 0 saturated heterocycles. The van der Waals surface area contributed by atoms with Crippen molar-refractivity contribution in [2.45, 2.75) is 57.6 Å². The summed E-state index contributed by atoms with van der Waals surface area (Å²) < 4.78 is 8.39. The topological polar surface area (TPSA) is 79.5 Å². The lowest BCUT2D eigenvalue weighted by atomic mass is 10.1. The van der Waals surface area contributed by atoms with Gasteiger partial charge >= 0.3 is 6.09 Å². The first-order chi connectivity index (χ1) is 10.9. The number of amides is 2. The molecule has 0 atom stereocenters. The van der Waals surface area contributed by atoms with Crippen LogP contribution in [0.15, 0.2) is 29.2 Å². The van der Waals surface area contributed by atoms with Crippen LogP contribution < -0.4 is 15.4 Å². The zero-order chi connectivity index (χ0) is 18.4. The van der Waals surface area contributed by atoms with Gasteiger partial charge < -0.3 is 15.4 Å². The third-order valence-corrected chi connectivity index (χ3v) is 3.59. The number of rotatable bonds is 5. The van der Waals surface area contributed by atoms with E-state index in [2.05, 4.69) is 36.1 Å². The molecule has 0 radical (unpaired) electrons. The van der Waals surface area contributed by atoms with E-state index >= 15 is 0 Å². The van der Waals surface area contributed by atoms with Crippen molar-refractivity contribution in [1.82, 2.24) is 10.0 Å². The highest BCUT2D eigenvalue weighted by Gasteiger charge is 2.16. The zero-order valence-corrected chi connectivity index (χ0v) is 16.0. The number of carbonyl (C=O) groups excluding carboxylic acids is 2. The van der Waals surface area contributed by atoms with Gasteiger partial charge in [0.25, 0.3) is 0 Å². The van der Waals surface area contributed by atoms with Crippen molar-refractivity contribution in [3.05, 3.63) is 24.3 Å². The number of alkyl carbamates (subject to hydrolysis) is 1. The van der Waals surface area contributed by atoms with Gasteiger partial charge in [0.1, 0.15) is 12.1 Å². The zero-order valence-electron chi connectivity index (χ0n) is 15.1. The van der Waals surface area contributed by atoms with Gasteiger partial charge in [0, 0.05) is 16.1 Å². The van der Waals surface area contributed by atoms with E-state index in [-0.39, 0.29) is 18.0 Å². The molecule has 0 bridgehead atoms. The molecule has 1 aromatic rings. The maximum atomic E-state index is 11.9. The van der Waals surface area contributed by atoms with Gasteiger partial charge in [-0.05, 0) is 71.7 Å². The highest BCUT2D eigenvalue weighted by molar-refractivity contribution is 7.97. The Bertz CT molecular complexity index is 577. The standard InChI is InChI=1S/C17H27N3O3S/c1-16(2,3)20-24-13-9-7-8-12(10-13)19-14(21)11-18-15(22)23-17(4,5)6/h7-10,20H,11H2,1-6H3,(H,18,22)(H,19,21). The van der Waals surface area contributed by atoms with Crippen molar-refractivity contribution in [3.63, 3.8) is 0 Å². The van der Waals surface area contributed by atoms with Crippen LogP contribution in [0.4, 0.5) is 10.5 Å². The van der Waals surface area contributed by atoms with Gasteiger partial charge in [-0.2, -0.15) is 0 Å². The smallest absolute Gasteiger partial charge is 0.408 e.